The van der Waals surface area contributed by atoms with Gasteiger partial charge in [-0.3, -0.25) is 4.89 Å². The molecular weight excluding hydrogens is 324 g/mol. The third-order valence-electron chi connectivity index (χ3n) is 3.69. The Morgan fingerprint density at radius 3 is 2.24 bits per heavy atom. The molecule has 1 aromatic rings. The molecule has 0 atom stereocenters. The fourth-order valence-corrected chi connectivity index (χ4v) is 2.26. The highest BCUT2D eigenvalue weighted by Gasteiger charge is 2.21. The van der Waals surface area contributed by atoms with Gasteiger partial charge in [-0.2, -0.15) is 0 Å². The molecule has 1 rings (SSSR count). The van der Waals surface area contributed by atoms with Crippen LogP contribution in [0.4, 0.5) is 4.79 Å². The van der Waals surface area contributed by atoms with E-state index >= 15 is 0 Å². The van der Waals surface area contributed by atoms with Crippen LogP contribution in [0.2, 0.25) is 0 Å². The summed E-state index contributed by atoms with van der Waals surface area (Å²) < 4.78 is 4.46. The van der Waals surface area contributed by atoms with Crippen molar-refractivity contribution in [1.29, 1.82) is 0 Å². The summed E-state index contributed by atoms with van der Waals surface area (Å²) in [5.74, 6) is -0.294. The Hall–Kier alpha value is -2.34. The summed E-state index contributed by atoms with van der Waals surface area (Å²) in [6.45, 7) is 11.6. The Labute approximate surface area is 148 Å². The second-order valence-corrected chi connectivity index (χ2v) is 6.53. The molecule has 138 valence electrons. The molecule has 0 heterocycles. The Morgan fingerprint density at radius 2 is 1.72 bits per heavy atom. The van der Waals surface area contributed by atoms with Crippen LogP contribution in [0.5, 0.6) is 0 Å². The summed E-state index contributed by atoms with van der Waals surface area (Å²) in [7, 11) is 0. The molecule has 0 aliphatic heterocycles. The van der Waals surface area contributed by atoms with E-state index in [1.807, 2.05) is 26.0 Å². The summed E-state index contributed by atoms with van der Waals surface area (Å²) in [4.78, 5) is 31.3. The zero-order chi connectivity index (χ0) is 19.0. The van der Waals surface area contributed by atoms with Crippen molar-refractivity contribution in [3.8, 4) is 0 Å². The summed E-state index contributed by atoms with van der Waals surface area (Å²) in [5, 5.41) is 4.13. The molecule has 0 amide bonds. The fourth-order valence-electron chi connectivity index (χ4n) is 2.26. The highest BCUT2D eigenvalue weighted by atomic mass is 17.5. The van der Waals surface area contributed by atoms with Crippen molar-refractivity contribution < 1.29 is 29.1 Å². The van der Waals surface area contributed by atoms with E-state index in [1.54, 1.807) is 19.9 Å². The van der Waals surface area contributed by atoms with Crippen molar-refractivity contribution in [3.05, 3.63) is 47.0 Å². The van der Waals surface area contributed by atoms with Gasteiger partial charge in [0.2, 0.25) is 0 Å². The lowest BCUT2D eigenvalue weighted by Gasteiger charge is -2.22. The lowest BCUT2D eigenvalue weighted by atomic mass is 9.82. The molecule has 0 N–H and O–H groups in total. The van der Waals surface area contributed by atoms with Gasteiger partial charge in [0, 0.05) is 11.0 Å². The van der Waals surface area contributed by atoms with Gasteiger partial charge in [0.25, 0.3) is 0 Å². The maximum atomic E-state index is 11.9. The fraction of sp³-hybridized carbons (Fsp3) is 0.474. The van der Waals surface area contributed by atoms with Crippen molar-refractivity contribution in [2.24, 2.45) is 0 Å². The van der Waals surface area contributed by atoms with Crippen LogP contribution in [0, 0.1) is 0 Å². The highest BCUT2D eigenvalue weighted by Crippen LogP contribution is 2.28. The van der Waals surface area contributed by atoms with E-state index in [0.29, 0.717) is 11.5 Å². The summed E-state index contributed by atoms with van der Waals surface area (Å²) >= 11 is 0. The smallest absolute Gasteiger partial charge is 0.433 e. The van der Waals surface area contributed by atoms with Crippen molar-refractivity contribution in [3.63, 3.8) is 0 Å². The molecule has 6 heteroatoms. The van der Waals surface area contributed by atoms with Crippen LogP contribution in [-0.4, -0.2) is 18.7 Å². The van der Waals surface area contributed by atoms with Gasteiger partial charge >= 0.3 is 12.1 Å². The number of carbonyl (C=O) groups is 2. The molecule has 0 aliphatic carbocycles. The van der Waals surface area contributed by atoms with Crippen LogP contribution in [0.15, 0.2) is 35.9 Å². The highest BCUT2D eigenvalue weighted by molar-refractivity contribution is 5.87. The Kier molecular flexibility index (Phi) is 7.64. The third kappa shape index (κ3) is 6.58. The number of hydrogen-bond acceptors (Lipinski definition) is 6. The first-order chi connectivity index (χ1) is 11.7. The van der Waals surface area contributed by atoms with Crippen molar-refractivity contribution in [2.45, 2.75) is 52.9 Å². The van der Waals surface area contributed by atoms with Gasteiger partial charge < -0.3 is 4.74 Å². The molecule has 0 aromatic heterocycles. The lowest BCUT2D eigenvalue weighted by molar-refractivity contribution is -0.457. The molecule has 0 saturated heterocycles. The Balaban J connectivity index is 2.71. The van der Waals surface area contributed by atoms with E-state index in [0.717, 1.165) is 5.56 Å². The molecule has 0 bridgehead atoms. The first-order valence-electron chi connectivity index (χ1n) is 8.19. The largest absolute Gasteiger partial charge is 0.543 e. The van der Waals surface area contributed by atoms with Crippen LogP contribution >= 0.6 is 0 Å². The maximum absolute atomic E-state index is 11.9. The summed E-state index contributed by atoms with van der Waals surface area (Å²) in [6, 6.07) is 8.26. The van der Waals surface area contributed by atoms with Gasteiger partial charge in [-0.25, -0.2) is 14.5 Å². The molecule has 0 radical (unpaired) electrons. The molecule has 25 heavy (non-hydrogen) atoms. The van der Waals surface area contributed by atoms with Crippen molar-refractivity contribution in [1.82, 2.24) is 0 Å². The van der Waals surface area contributed by atoms with Crippen molar-refractivity contribution >= 4 is 12.1 Å². The average molecular weight is 350 g/mol. The van der Waals surface area contributed by atoms with Crippen LogP contribution in [0.1, 0.15) is 58.6 Å². The van der Waals surface area contributed by atoms with Crippen molar-refractivity contribution in [2.75, 3.05) is 6.61 Å². The zero-order valence-electron chi connectivity index (χ0n) is 15.6. The first kappa shape index (κ1) is 20.7. The predicted molar refractivity (Wildman–Crippen MR) is 92.6 cm³/mol. The molecular formula is C19H26O6. The Bertz CT molecular complexity index is 613. The average Bonchev–Trinajstić information content (AvgIpc) is 2.54. The zero-order valence-corrected chi connectivity index (χ0v) is 15.6. The van der Waals surface area contributed by atoms with Crippen LogP contribution in [-0.2, 0) is 29.8 Å². The van der Waals surface area contributed by atoms with E-state index in [4.69, 9.17) is 0 Å². The lowest BCUT2D eigenvalue weighted by Crippen LogP contribution is -2.18. The van der Waals surface area contributed by atoms with E-state index < -0.39 is 12.1 Å². The minimum atomic E-state index is -1.08. The van der Waals surface area contributed by atoms with Gasteiger partial charge in [0.1, 0.15) is 0 Å². The summed E-state index contributed by atoms with van der Waals surface area (Å²) in [6.07, 6.45) is 0.690. The second-order valence-electron chi connectivity index (χ2n) is 6.53. The second kappa shape index (κ2) is 9.22. The number of hydrogen-bond donors (Lipinski definition) is 0. The van der Waals surface area contributed by atoms with Crippen LogP contribution in [0.3, 0.4) is 0 Å². The first-order valence-corrected chi connectivity index (χ1v) is 8.19. The van der Waals surface area contributed by atoms with Crippen LogP contribution < -0.4 is 0 Å². The number of allylic oxidation sites excluding steroid dienone is 1. The third-order valence-corrected chi connectivity index (χ3v) is 3.69. The number of rotatable bonds is 7. The SMILES string of the molecule is CCOC(=O)OOOC(=O)/C(C)=C\C(C)(C)c1ccc(C(C)C)cc1. The number of ether oxygens (including phenoxy) is 1. The molecule has 0 spiro atoms. The Morgan fingerprint density at radius 1 is 1.12 bits per heavy atom. The molecule has 1 aromatic carbocycles. The van der Waals surface area contributed by atoms with Gasteiger partial charge in [-0.1, -0.05) is 58.0 Å². The topological polar surface area (TPSA) is 71.1 Å². The monoisotopic (exact) mass is 350 g/mol. The summed E-state index contributed by atoms with van der Waals surface area (Å²) in [5.41, 5.74) is 2.25. The van der Waals surface area contributed by atoms with Gasteiger partial charge in [-0.05, 0) is 30.9 Å². The van der Waals surface area contributed by atoms with Gasteiger partial charge in [-0.15, -0.1) is 0 Å². The van der Waals surface area contributed by atoms with Gasteiger partial charge in [0.15, 0.2) is 0 Å². The van der Waals surface area contributed by atoms with E-state index in [1.165, 1.54) is 5.56 Å². The molecule has 0 aliphatic rings. The minimum Gasteiger partial charge on any atom is -0.433 e. The molecule has 0 fully saturated rings. The number of benzene rings is 1. The maximum Gasteiger partial charge on any atom is 0.543 e. The molecule has 0 unspecified atom stereocenters. The van der Waals surface area contributed by atoms with Crippen LogP contribution in [0.25, 0.3) is 0 Å². The standard InChI is InChI=1S/C19H26O6/c1-7-22-18(21)24-25-23-17(20)14(4)12-19(5,6)16-10-8-15(9-11-16)13(2)3/h8-13H,7H2,1-6H3/b14-12-. The van der Waals surface area contributed by atoms with E-state index in [-0.39, 0.29) is 12.0 Å². The number of carbonyl (C=O) groups excluding carboxylic acids is 2. The quantitative estimate of drug-likeness (QED) is 0.310. The van der Waals surface area contributed by atoms with E-state index in [9.17, 15) is 9.59 Å². The van der Waals surface area contributed by atoms with Gasteiger partial charge in [0.05, 0.1) is 11.6 Å². The normalized spacial score (nSPS) is 12.0. The molecule has 6 nitrogen and oxygen atoms in total. The molecule has 0 saturated carbocycles. The van der Waals surface area contributed by atoms with E-state index in [2.05, 4.69) is 45.5 Å². The minimum absolute atomic E-state index is 0.124. The predicted octanol–water partition coefficient (Wildman–Crippen LogP) is 4.60.